The Morgan fingerprint density at radius 1 is 1.04 bits per heavy atom. The van der Waals surface area contributed by atoms with Gasteiger partial charge in [-0.3, -0.25) is 4.79 Å². The summed E-state index contributed by atoms with van der Waals surface area (Å²) >= 11 is 0. The SMILES string of the molecule is NS(=O)(=O)c1ccc(CNC(=O)C2Cc3ccccc3C2)cc1. The molecular weight excluding hydrogens is 312 g/mol. The second-order valence-electron chi connectivity index (χ2n) is 5.78. The summed E-state index contributed by atoms with van der Waals surface area (Å²) < 4.78 is 22.4. The Hall–Kier alpha value is -2.18. The van der Waals surface area contributed by atoms with E-state index >= 15 is 0 Å². The highest BCUT2D eigenvalue weighted by Crippen LogP contribution is 2.26. The Kier molecular flexibility index (Phi) is 4.19. The molecule has 1 amide bonds. The van der Waals surface area contributed by atoms with E-state index in [-0.39, 0.29) is 16.7 Å². The van der Waals surface area contributed by atoms with Gasteiger partial charge in [-0.15, -0.1) is 0 Å². The molecule has 120 valence electrons. The van der Waals surface area contributed by atoms with Gasteiger partial charge in [0.15, 0.2) is 0 Å². The van der Waals surface area contributed by atoms with E-state index in [2.05, 4.69) is 17.4 Å². The number of carbonyl (C=O) groups excluding carboxylic acids is 1. The molecule has 0 saturated heterocycles. The Labute approximate surface area is 135 Å². The van der Waals surface area contributed by atoms with E-state index in [1.54, 1.807) is 12.1 Å². The van der Waals surface area contributed by atoms with Gasteiger partial charge in [-0.2, -0.15) is 0 Å². The molecule has 6 heteroatoms. The van der Waals surface area contributed by atoms with Crippen molar-refractivity contribution < 1.29 is 13.2 Å². The average Bonchev–Trinajstić information content (AvgIpc) is 2.96. The first kappa shape index (κ1) is 15.7. The standard InChI is InChI=1S/C17H18N2O3S/c18-23(21,22)16-7-5-12(6-8-16)11-19-17(20)15-9-13-3-1-2-4-14(13)10-15/h1-8,15H,9-11H2,(H,19,20)(H2,18,21,22). The third kappa shape index (κ3) is 3.60. The molecule has 3 rings (SSSR count). The molecule has 0 fully saturated rings. The first-order valence-corrected chi connectivity index (χ1v) is 8.94. The van der Waals surface area contributed by atoms with Crippen molar-refractivity contribution in [1.82, 2.24) is 5.32 Å². The van der Waals surface area contributed by atoms with Crippen LogP contribution in [0.5, 0.6) is 0 Å². The zero-order valence-corrected chi connectivity index (χ0v) is 13.3. The first-order valence-electron chi connectivity index (χ1n) is 7.40. The monoisotopic (exact) mass is 330 g/mol. The Balaban J connectivity index is 1.58. The van der Waals surface area contributed by atoms with Crippen LogP contribution in [0.4, 0.5) is 0 Å². The molecule has 0 bridgehead atoms. The van der Waals surface area contributed by atoms with Crippen LogP contribution in [-0.4, -0.2) is 14.3 Å². The second-order valence-corrected chi connectivity index (χ2v) is 7.34. The number of amides is 1. The molecule has 0 atom stereocenters. The minimum Gasteiger partial charge on any atom is -0.352 e. The predicted octanol–water partition coefficient (Wildman–Crippen LogP) is 1.37. The van der Waals surface area contributed by atoms with Crippen LogP contribution >= 0.6 is 0 Å². The molecule has 0 saturated carbocycles. The smallest absolute Gasteiger partial charge is 0.238 e. The molecule has 0 aliphatic heterocycles. The lowest BCUT2D eigenvalue weighted by atomic mass is 10.1. The number of rotatable bonds is 4. The van der Waals surface area contributed by atoms with Gasteiger partial charge in [0, 0.05) is 12.5 Å². The lowest BCUT2D eigenvalue weighted by Crippen LogP contribution is -2.30. The Bertz CT molecular complexity index is 804. The van der Waals surface area contributed by atoms with E-state index < -0.39 is 10.0 Å². The van der Waals surface area contributed by atoms with Crippen molar-refractivity contribution in [3.63, 3.8) is 0 Å². The largest absolute Gasteiger partial charge is 0.352 e. The van der Waals surface area contributed by atoms with Crippen LogP contribution in [0, 0.1) is 5.92 Å². The molecule has 0 aromatic heterocycles. The highest BCUT2D eigenvalue weighted by atomic mass is 32.2. The van der Waals surface area contributed by atoms with Crippen molar-refractivity contribution in [1.29, 1.82) is 0 Å². The van der Waals surface area contributed by atoms with E-state index in [9.17, 15) is 13.2 Å². The Morgan fingerprint density at radius 3 is 2.13 bits per heavy atom. The van der Waals surface area contributed by atoms with Gasteiger partial charge in [-0.25, -0.2) is 13.6 Å². The fourth-order valence-corrected chi connectivity index (χ4v) is 3.39. The highest BCUT2D eigenvalue weighted by Gasteiger charge is 2.26. The molecule has 3 N–H and O–H groups in total. The first-order chi connectivity index (χ1) is 10.9. The summed E-state index contributed by atoms with van der Waals surface area (Å²) in [6.07, 6.45) is 1.54. The maximum Gasteiger partial charge on any atom is 0.238 e. The van der Waals surface area contributed by atoms with Gasteiger partial charge in [-0.05, 0) is 41.7 Å². The molecule has 5 nitrogen and oxygen atoms in total. The summed E-state index contributed by atoms with van der Waals surface area (Å²) in [4.78, 5) is 12.4. The maximum atomic E-state index is 12.3. The molecule has 1 aliphatic rings. The summed E-state index contributed by atoms with van der Waals surface area (Å²) in [5.41, 5.74) is 3.32. The van der Waals surface area contributed by atoms with Gasteiger partial charge in [0.05, 0.1) is 4.90 Å². The van der Waals surface area contributed by atoms with Crippen LogP contribution in [0.1, 0.15) is 16.7 Å². The quantitative estimate of drug-likeness (QED) is 0.887. The molecule has 23 heavy (non-hydrogen) atoms. The normalized spacial score (nSPS) is 14.5. The number of hydrogen-bond acceptors (Lipinski definition) is 3. The van der Waals surface area contributed by atoms with E-state index in [4.69, 9.17) is 5.14 Å². The lowest BCUT2D eigenvalue weighted by molar-refractivity contribution is -0.124. The van der Waals surface area contributed by atoms with Crippen molar-refractivity contribution in [2.24, 2.45) is 11.1 Å². The zero-order valence-electron chi connectivity index (χ0n) is 12.5. The van der Waals surface area contributed by atoms with Gasteiger partial charge < -0.3 is 5.32 Å². The summed E-state index contributed by atoms with van der Waals surface area (Å²) in [5, 5.41) is 7.97. The van der Waals surface area contributed by atoms with Crippen LogP contribution in [-0.2, 0) is 34.2 Å². The van der Waals surface area contributed by atoms with Crippen LogP contribution in [0.3, 0.4) is 0 Å². The number of carbonyl (C=O) groups is 1. The van der Waals surface area contributed by atoms with E-state index in [0.717, 1.165) is 18.4 Å². The Morgan fingerprint density at radius 2 is 1.61 bits per heavy atom. The van der Waals surface area contributed by atoms with Crippen molar-refractivity contribution in [2.45, 2.75) is 24.3 Å². The van der Waals surface area contributed by atoms with Crippen LogP contribution < -0.4 is 10.5 Å². The second kappa shape index (κ2) is 6.14. The van der Waals surface area contributed by atoms with Gasteiger partial charge in [-0.1, -0.05) is 36.4 Å². The molecule has 0 unspecified atom stereocenters. The predicted molar refractivity (Wildman–Crippen MR) is 87.0 cm³/mol. The number of nitrogens with two attached hydrogens (primary N) is 1. The van der Waals surface area contributed by atoms with E-state index in [0.29, 0.717) is 6.54 Å². The lowest BCUT2D eigenvalue weighted by Gasteiger charge is -2.10. The van der Waals surface area contributed by atoms with Crippen LogP contribution in [0.15, 0.2) is 53.4 Å². The third-order valence-electron chi connectivity index (χ3n) is 4.14. The molecule has 2 aromatic carbocycles. The highest BCUT2D eigenvalue weighted by molar-refractivity contribution is 7.89. The maximum absolute atomic E-state index is 12.3. The minimum absolute atomic E-state index is 0.0247. The van der Waals surface area contributed by atoms with Gasteiger partial charge in [0.1, 0.15) is 0 Å². The van der Waals surface area contributed by atoms with Gasteiger partial charge in [0.25, 0.3) is 0 Å². The molecular formula is C17H18N2O3S. The van der Waals surface area contributed by atoms with E-state index in [1.165, 1.54) is 23.3 Å². The van der Waals surface area contributed by atoms with Crippen LogP contribution in [0.2, 0.25) is 0 Å². The average molecular weight is 330 g/mol. The molecule has 0 heterocycles. The van der Waals surface area contributed by atoms with Crippen molar-refractivity contribution >= 4 is 15.9 Å². The topological polar surface area (TPSA) is 89.3 Å². The summed E-state index contributed by atoms with van der Waals surface area (Å²) in [7, 11) is -3.68. The molecule has 2 aromatic rings. The fraction of sp³-hybridized carbons (Fsp3) is 0.235. The minimum atomic E-state index is -3.68. The number of benzene rings is 2. The van der Waals surface area contributed by atoms with Crippen molar-refractivity contribution in [3.8, 4) is 0 Å². The number of hydrogen-bond donors (Lipinski definition) is 2. The van der Waals surface area contributed by atoms with Crippen molar-refractivity contribution in [3.05, 3.63) is 65.2 Å². The van der Waals surface area contributed by atoms with Gasteiger partial charge in [0.2, 0.25) is 15.9 Å². The fourth-order valence-electron chi connectivity index (χ4n) is 2.87. The summed E-state index contributed by atoms with van der Waals surface area (Å²) in [6.45, 7) is 0.372. The summed E-state index contributed by atoms with van der Waals surface area (Å²) in [6, 6.07) is 14.3. The number of fused-ring (bicyclic) bond motifs is 1. The van der Waals surface area contributed by atoms with Gasteiger partial charge >= 0.3 is 0 Å². The van der Waals surface area contributed by atoms with Crippen molar-refractivity contribution in [2.75, 3.05) is 0 Å². The third-order valence-corrected chi connectivity index (χ3v) is 5.07. The number of nitrogens with one attached hydrogen (secondary N) is 1. The van der Waals surface area contributed by atoms with E-state index in [1.807, 2.05) is 12.1 Å². The molecule has 1 aliphatic carbocycles. The molecule has 0 radical (unpaired) electrons. The number of sulfonamides is 1. The number of primary sulfonamides is 1. The summed E-state index contributed by atoms with van der Waals surface area (Å²) in [5.74, 6) is -0.00665. The van der Waals surface area contributed by atoms with Crippen LogP contribution in [0.25, 0.3) is 0 Å². The zero-order chi connectivity index (χ0) is 16.4. The molecule has 0 spiro atoms.